The molecule has 0 saturated heterocycles. The van der Waals surface area contributed by atoms with Crippen molar-refractivity contribution in [3.05, 3.63) is 60.2 Å². The summed E-state index contributed by atoms with van der Waals surface area (Å²) in [6, 6.07) is 5.53. The van der Waals surface area contributed by atoms with Gasteiger partial charge in [-0.1, -0.05) is 18.2 Å². The number of imidazole rings is 1. The summed E-state index contributed by atoms with van der Waals surface area (Å²) in [5.41, 5.74) is 0.175. The number of alkyl halides is 3. The average Bonchev–Trinajstić information content (AvgIpc) is 3.02. The van der Waals surface area contributed by atoms with Crippen LogP contribution in [0, 0.1) is 0 Å². The van der Waals surface area contributed by atoms with E-state index in [9.17, 15) is 13.2 Å². The summed E-state index contributed by atoms with van der Waals surface area (Å²) in [6.45, 7) is 0.0560. The predicted octanol–water partition coefficient (Wildman–Crippen LogP) is 3.47. The van der Waals surface area contributed by atoms with Gasteiger partial charge in [-0.2, -0.15) is 13.2 Å². The lowest BCUT2D eigenvalue weighted by Crippen LogP contribution is -2.13. The SMILES string of the molecule is CN(C)c1ncc(-c2nccn2Cc2ccccc2C(F)(F)F)cn1. The first-order chi connectivity index (χ1) is 11.9. The van der Waals surface area contributed by atoms with E-state index in [1.165, 1.54) is 12.1 Å². The third-order valence-electron chi connectivity index (χ3n) is 3.68. The number of rotatable bonds is 4. The quantitative estimate of drug-likeness (QED) is 0.725. The van der Waals surface area contributed by atoms with E-state index in [2.05, 4.69) is 15.0 Å². The topological polar surface area (TPSA) is 46.8 Å². The monoisotopic (exact) mass is 347 g/mol. The molecule has 0 spiro atoms. The normalized spacial score (nSPS) is 11.6. The number of hydrogen-bond donors (Lipinski definition) is 0. The molecule has 130 valence electrons. The largest absolute Gasteiger partial charge is 0.416 e. The zero-order valence-electron chi connectivity index (χ0n) is 13.7. The highest BCUT2D eigenvalue weighted by Gasteiger charge is 2.33. The molecule has 3 rings (SSSR count). The maximum absolute atomic E-state index is 13.2. The van der Waals surface area contributed by atoms with Crippen LogP contribution in [0.1, 0.15) is 11.1 Å². The molecule has 25 heavy (non-hydrogen) atoms. The highest BCUT2D eigenvalue weighted by molar-refractivity contribution is 5.54. The fourth-order valence-corrected chi connectivity index (χ4v) is 2.48. The molecule has 2 heterocycles. The summed E-state index contributed by atoms with van der Waals surface area (Å²) in [6.07, 6.45) is 2.01. The van der Waals surface area contributed by atoms with Crippen molar-refractivity contribution in [2.75, 3.05) is 19.0 Å². The Labute approximate surface area is 142 Å². The van der Waals surface area contributed by atoms with Crippen LogP contribution in [0.3, 0.4) is 0 Å². The minimum atomic E-state index is -4.40. The second-order valence-corrected chi connectivity index (χ2v) is 5.70. The number of benzene rings is 1. The molecule has 1 aromatic carbocycles. The molecule has 0 aliphatic heterocycles. The minimum Gasteiger partial charge on any atom is -0.347 e. The fourth-order valence-electron chi connectivity index (χ4n) is 2.48. The molecule has 3 aromatic rings. The Morgan fingerprint density at radius 2 is 1.72 bits per heavy atom. The molecular formula is C17H16F3N5. The Morgan fingerprint density at radius 1 is 1.04 bits per heavy atom. The van der Waals surface area contributed by atoms with Crippen molar-refractivity contribution in [2.45, 2.75) is 12.7 Å². The van der Waals surface area contributed by atoms with Crippen LogP contribution in [0.5, 0.6) is 0 Å². The molecule has 0 atom stereocenters. The van der Waals surface area contributed by atoms with E-state index in [0.29, 0.717) is 17.3 Å². The van der Waals surface area contributed by atoms with Crippen LogP contribution in [-0.2, 0) is 12.7 Å². The molecule has 5 nitrogen and oxygen atoms in total. The van der Waals surface area contributed by atoms with Gasteiger partial charge in [-0.15, -0.1) is 0 Å². The number of nitrogens with zero attached hydrogens (tertiary/aromatic N) is 5. The van der Waals surface area contributed by atoms with E-state index in [0.717, 1.165) is 6.07 Å². The van der Waals surface area contributed by atoms with Gasteiger partial charge in [-0.3, -0.25) is 0 Å². The Bertz CT molecular complexity index is 853. The van der Waals surface area contributed by atoms with Crippen molar-refractivity contribution in [1.82, 2.24) is 19.5 Å². The maximum Gasteiger partial charge on any atom is 0.416 e. The highest BCUT2D eigenvalue weighted by Crippen LogP contribution is 2.32. The lowest BCUT2D eigenvalue weighted by molar-refractivity contribution is -0.138. The third kappa shape index (κ3) is 3.62. The van der Waals surface area contributed by atoms with Gasteiger partial charge in [0.1, 0.15) is 5.82 Å². The predicted molar refractivity (Wildman–Crippen MR) is 88.1 cm³/mol. The van der Waals surface area contributed by atoms with Crippen molar-refractivity contribution in [1.29, 1.82) is 0 Å². The zero-order valence-corrected chi connectivity index (χ0v) is 13.7. The van der Waals surface area contributed by atoms with E-state index in [-0.39, 0.29) is 12.1 Å². The van der Waals surface area contributed by atoms with Crippen LogP contribution >= 0.6 is 0 Å². The molecule has 0 amide bonds. The number of halogens is 3. The van der Waals surface area contributed by atoms with Crippen LogP contribution < -0.4 is 4.90 Å². The molecular weight excluding hydrogens is 331 g/mol. The van der Waals surface area contributed by atoms with Gasteiger partial charge >= 0.3 is 6.18 Å². The number of aromatic nitrogens is 4. The zero-order chi connectivity index (χ0) is 18.0. The summed E-state index contributed by atoms with van der Waals surface area (Å²) >= 11 is 0. The second kappa shape index (κ2) is 6.54. The van der Waals surface area contributed by atoms with E-state index in [4.69, 9.17) is 0 Å². The van der Waals surface area contributed by atoms with Gasteiger partial charge in [0, 0.05) is 45.4 Å². The summed E-state index contributed by atoms with van der Waals surface area (Å²) in [7, 11) is 3.65. The summed E-state index contributed by atoms with van der Waals surface area (Å²) < 4.78 is 41.2. The smallest absolute Gasteiger partial charge is 0.347 e. The third-order valence-corrected chi connectivity index (χ3v) is 3.68. The fraction of sp³-hybridized carbons (Fsp3) is 0.235. The molecule has 0 saturated carbocycles. The van der Waals surface area contributed by atoms with E-state index in [1.54, 1.807) is 40.3 Å². The van der Waals surface area contributed by atoms with Crippen LogP contribution in [0.2, 0.25) is 0 Å². The first-order valence-corrected chi connectivity index (χ1v) is 7.52. The maximum atomic E-state index is 13.2. The van der Waals surface area contributed by atoms with Crippen molar-refractivity contribution < 1.29 is 13.2 Å². The Balaban J connectivity index is 1.93. The van der Waals surface area contributed by atoms with Crippen molar-refractivity contribution in [2.24, 2.45) is 0 Å². The van der Waals surface area contributed by atoms with Gasteiger partial charge in [0.05, 0.1) is 11.1 Å². The van der Waals surface area contributed by atoms with Crippen LogP contribution in [0.25, 0.3) is 11.4 Å². The lowest BCUT2D eigenvalue weighted by atomic mass is 10.1. The molecule has 0 aliphatic rings. The van der Waals surface area contributed by atoms with E-state index >= 15 is 0 Å². The summed E-state index contributed by atoms with van der Waals surface area (Å²) in [5, 5.41) is 0. The van der Waals surface area contributed by atoms with Crippen LogP contribution in [0.4, 0.5) is 19.1 Å². The first-order valence-electron chi connectivity index (χ1n) is 7.52. The molecule has 0 aliphatic carbocycles. The molecule has 0 radical (unpaired) electrons. The molecule has 8 heteroatoms. The van der Waals surface area contributed by atoms with Gasteiger partial charge in [0.15, 0.2) is 0 Å². The Kier molecular flexibility index (Phi) is 4.43. The van der Waals surface area contributed by atoms with Gasteiger partial charge in [-0.05, 0) is 11.6 Å². The number of anilines is 1. The van der Waals surface area contributed by atoms with Gasteiger partial charge in [-0.25, -0.2) is 15.0 Å². The van der Waals surface area contributed by atoms with Gasteiger partial charge in [0.2, 0.25) is 5.95 Å². The van der Waals surface area contributed by atoms with E-state index in [1.807, 2.05) is 14.1 Å². The summed E-state index contributed by atoms with van der Waals surface area (Å²) in [5.74, 6) is 1.06. The van der Waals surface area contributed by atoms with Gasteiger partial charge < -0.3 is 9.47 Å². The Morgan fingerprint density at radius 3 is 2.36 bits per heavy atom. The van der Waals surface area contributed by atoms with Crippen molar-refractivity contribution in [3.63, 3.8) is 0 Å². The molecule has 2 aromatic heterocycles. The minimum absolute atomic E-state index is 0.0560. The van der Waals surface area contributed by atoms with Crippen molar-refractivity contribution in [3.8, 4) is 11.4 Å². The summed E-state index contributed by atoms with van der Waals surface area (Å²) in [4.78, 5) is 14.4. The highest BCUT2D eigenvalue weighted by atomic mass is 19.4. The second-order valence-electron chi connectivity index (χ2n) is 5.70. The van der Waals surface area contributed by atoms with Crippen molar-refractivity contribution >= 4 is 5.95 Å². The Hall–Kier alpha value is -2.90. The van der Waals surface area contributed by atoms with E-state index < -0.39 is 11.7 Å². The lowest BCUT2D eigenvalue weighted by Gasteiger charge is -2.14. The standard InChI is InChI=1S/C17H16F3N5/c1-24(2)16-22-9-13(10-23-16)15-21-7-8-25(15)11-12-5-3-4-6-14(12)17(18,19)20/h3-10H,11H2,1-2H3. The molecule has 0 N–H and O–H groups in total. The van der Waals surface area contributed by atoms with Gasteiger partial charge in [0.25, 0.3) is 0 Å². The van der Waals surface area contributed by atoms with Crippen LogP contribution in [-0.4, -0.2) is 33.6 Å². The first kappa shape index (κ1) is 16.9. The van der Waals surface area contributed by atoms with Crippen LogP contribution in [0.15, 0.2) is 49.1 Å². The molecule has 0 fully saturated rings. The molecule has 0 unspecified atom stereocenters. The molecule has 0 bridgehead atoms. The number of hydrogen-bond acceptors (Lipinski definition) is 4. The average molecular weight is 347 g/mol.